The summed E-state index contributed by atoms with van der Waals surface area (Å²) in [6, 6.07) is 5.78. The standard InChI is InChI=1S/C9H11N3OS.CH3NOS/c10-4-2-6-12(9(13)14)7-8-3-1-5-11-8;2-1(3)4/h1,3,5,11H,2,6-7H2,(H,13,14);(H3,2,3,4). The van der Waals surface area contributed by atoms with Crippen LogP contribution in [0.1, 0.15) is 12.1 Å². The van der Waals surface area contributed by atoms with Gasteiger partial charge in [0, 0.05) is 18.4 Å². The molecule has 0 aliphatic rings. The van der Waals surface area contributed by atoms with E-state index in [-0.39, 0.29) is 5.17 Å². The molecule has 5 N–H and O–H groups in total. The van der Waals surface area contributed by atoms with Crippen molar-refractivity contribution in [3.63, 3.8) is 0 Å². The summed E-state index contributed by atoms with van der Waals surface area (Å²) in [5.74, 6) is 0. The van der Waals surface area contributed by atoms with Gasteiger partial charge in [0.15, 0.2) is 0 Å². The van der Waals surface area contributed by atoms with E-state index >= 15 is 0 Å². The van der Waals surface area contributed by atoms with Crippen molar-refractivity contribution in [2.75, 3.05) is 6.54 Å². The van der Waals surface area contributed by atoms with Gasteiger partial charge >= 0.3 is 0 Å². The maximum absolute atomic E-state index is 9.17. The Morgan fingerprint density at radius 1 is 1.50 bits per heavy atom. The zero-order valence-corrected chi connectivity index (χ0v) is 11.2. The zero-order valence-electron chi connectivity index (χ0n) is 9.54. The van der Waals surface area contributed by atoms with Crippen LogP contribution in [0.3, 0.4) is 0 Å². The Labute approximate surface area is 116 Å². The van der Waals surface area contributed by atoms with E-state index in [1.807, 2.05) is 18.2 Å². The summed E-state index contributed by atoms with van der Waals surface area (Å²) in [6.45, 7) is 0.953. The molecule has 0 bridgehead atoms. The summed E-state index contributed by atoms with van der Waals surface area (Å²) < 4.78 is 0. The predicted octanol–water partition coefficient (Wildman–Crippen LogP) is 1.36. The lowest BCUT2D eigenvalue weighted by Gasteiger charge is -2.19. The van der Waals surface area contributed by atoms with Crippen LogP contribution in [-0.2, 0) is 6.54 Å². The molecule has 0 amide bonds. The molecule has 0 atom stereocenters. The molecule has 8 heteroatoms. The Hall–Kier alpha value is -1.85. The number of rotatable bonds is 4. The van der Waals surface area contributed by atoms with E-state index in [1.54, 1.807) is 11.1 Å². The first-order valence-corrected chi connectivity index (χ1v) is 5.74. The topological polar surface area (TPSA) is 109 Å². The fraction of sp³-hybridized carbons (Fsp3) is 0.300. The van der Waals surface area contributed by atoms with Gasteiger partial charge in [-0.3, -0.25) is 0 Å². The van der Waals surface area contributed by atoms with Gasteiger partial charge in [0.2, 0.25) is 0 Å². The van der Waals surface area contributed by atoms with Gasteiger partial charge in [0.05, 0.1) is 19.0 Å². The van der Waals surface area contributed by atoms with Crippen LogP contribution in [0.15, 0.2) is 18.3 Å². The molecule has 0 spiro atoms. The maximum Gasteiger partial charge on any atom is 0.257 e. The normalized spacial score (nSPS) is 8.61. The number of thiocarbonyl (C=S) groups is 2. The molecule has 1 aromatic rings. The van der Waals surface area contributed by atoms with Crippen molar-refractivity contribution in [3.05, 3.63) is 24.0 Å². The molecule has 1 aromatic heterocycles. The Bertz CT molecular complexity index is 410. The van der Waals surface area contributed by atoms with E-state index in [9.17, 15) is 5.11 Å². The molecule has 0 saturated heterocycles. The average Bonchev–Trinajstić information content (AvgIpc) is 2.75. The van der Waals surface area contributed by atoms with E-state index in [0.717, 1.165) is 5.69 Å². The van der Waals surface area contributed by atoms with Gasteiger partial charge in [-0.25, -0.2) is 0 Å². The molecular formula is C10H14N4O2S2. The van der Waals surface area contributed by atoms with Crippen molar-refractivity contribution in [1.82, 2.24) is 9.88 Å². The fourth-order valence-corrected chi connectivity index (χ4v) is 1.25. The van der Waals surface area contributed by atoms with Crippen molar-refractivity contribution in [2.45, 2.75) is 13.0 Å². The van der Waals surface area contributed by atoms with Crippen molar-refractivity contribution in [2.24, 2.45) is 5.73 Å². The Balaban J connectivity index is 0.000000631. The quantitative estimate of drug-likeness (QED) is 0.619. The third-order valence-electron chi connectivity index (χ3n) is 1.79. The highest BCUT2D eigenvalue weighted by Gasteiger charge is 2.08. The van der Waals surface area contributed by atoms with Crippen LogP contribution in [0.2, 0.25) is 0 Å². The van der Waals surface area contributed by atoms with Crippen molar-refractivity contribution in [3.8, 4) is 6.07 Å². The number of hydrogen-bond donors (Lipinski definition) is 4. The summed E-state index contributed by atoms with van der Waals surface area (Å²) in [6.07, 6.45) is 2.15. The molecule has 0 unspecified atom stereocenters. The van der Waals surface area contributed by atoms with Gasteiger partial charge in [-0.05, 0) is 36.6 Å². The van der Waals surface area contributed by atoms with Gasteiger partial charge in [-0.2, -0.15) is 5.26 Å². The third kappa shape index (κ3) is 8.32. The molecule has 1 heterocycles. The molecule has 0 radical (unpaired) electrons. The van der Waals surface area contributed by atoms with Gasteiger partial charge in [-0.15, -0.1) is 0 Å². The van der Waals surface area contributed by atoms with Crippen LogP contribution in [0.4, 0.5) is 0 Å². The van der Waals surface area contributed by atoms with Crippen LogP contribution in [0.25, 0.3) is 0 Å². The number of nitrogens with two attached hydrogens (primary N) is 1. The molecule has 0 aromatic carbocycles. The Kier molecular flexibility index (Phi) is 8.26. The second-order valence-corrected chi connectivity index (χ2v) is 3.93. The van der Waals surface area contributed by atoms with E-state index < -0.39 is 5.17 Å². The van der Waals surface area contributed by atoms with Gasteiger partial charge in [-0.1, -0.05) is 0 Å². The number of nitriles is 1. The molecule has 1 rings (SSSR count). The number of aliphatic hydroxyl groups excluding tert-OH is 2. The number of nitrogens with zero attached hydrogens (tertiary/aromatic N) is 2. The zero-order chi connectivity index (χ0) is 14.0. The lowest BCUT2D eigenvalue weighted by atomic mass is 10.3. The van der Waals surface area contributed by atoms with Crippen LogP contribution in [-0.4, -0.2) is 37.0 Å². The first kappa shape index (κ1) is 16.1. The maximum atomic E-state index is 9.17. The van der Waals surface area contributed by atoms with Gasteiger partial charge < -0.3 is 25.8 Å². The molecule has 0 saturated carbocycles. The predicted molar refractivity (Wildman–Crippen MR) is 76.1 cm³/mol. The van der Waals surface area contributed by atoms with Gasteiger partial charge in [0.25, 0.3) is 10.3 Å². The van der Waals surface area contributed by atoms with Crippen LogP contribution < -0.4 is 5.73 Å². The monoisotopic (exact) mass is 286 g/mol. The van der Waals surface area contributed by atoms with Crippen molar-refractivity contribution < 1.29 is 10.2 Å². The molecular weight excluding hydrogens is 272 g/mol. The number of aliphatic hydroxyl groups is 2. The number of aromatic amines is 1. The molecule has 0 aliphatic heterocycles. The van der Waals surface area contributed by atoms with Gasteiger partial charge in [0.1, 0.15) is 0 Å². The summed E-state index contributed by atoms with van der Waals surface area (Å²) >= 11 is 8.53. The molecule has 6 nitrogen and oxygen atoms in total. The number of nitrogens with one attached hydrogen (secondary N) is 1. The molecule has 18 heavy (non-hydrogen) atoms. The fourth-order valence-electron chi connectivity index (χ4n) is 1.10. The number of H-pyrrole nitrogens is 1. The van der Waals surface area contributed by atoms with E-state index in [1.165, 1.54) is 0 Å². The summed E-state index contributed by atoms with van der Waals surface area (Å²) in [7, 11) is 0. The van der Waals surface area contributed by atoms with Crippen LogP contribution in [0.5, 0.6) is 0 Å². The Morgan fingerprint density at radius 2 is 2.11 bits per heavy atom. The lowest BCUT2D eigenvalue weighted by molar-refractivity contribution is 0.341. The Morgan fingerprint density at radius 3 is 2.50 bits per heavy atom. The smallest absolute Gasteiger partial charge is 0.257 e. The average molecular weight is 286 g/mol. The molecule has 0 fully saturated rings. The third-order valence-corrected chi connectivity index (χ3v) is 2.05. The first-order chi connectivity index (χ1) is 8.47. The first-order valence-electron chi connectivity index (χ1n) is 4.92. The highest BCUT2D eigenvalue weighted by molar-refractivity contribution is 7.80. The summed E-state index contributed by atoms with van der Waals surface area (Å²) in [5.41, 5.74) is 5.36. The highest BCUT2D eigenvalue weighted by atomic mass is 32.1. The van der Waals surface area contributed by atoms with E-state index in [2.05, 4.69) is 35.2 Å². The van der Waals surface area contributed by atoms with Crippen molar-refractivity contribution >= 4 is 34.8 Å². The molecule has 0 aliphatic carbocycles. The lowest BCUT2D eigenvalue weighted by Crippen LogP contribution is -2.29. The van der Waals surface area contributed by atoms with E-state index in [0.29, 0.717) is 19.5 Å². The number of aromatic nitrogens is 1. The second kappa shape index (κ2) is 9.21. The summed E-state index contributed by atoms with van der Waals surface area (Å²) in [5, 5.41) is 24.5. The molecule has 98 valence electrons. The highest BCUT2D eigenvalue weighted by Crippen LogP contribution is 2.03. The SMILES string of the molecule is N#CCCN(Cc1ccc[nH]1)C(O)=S.NC(O)=S. The summed E-state index contributed by atoms with van der Waals surface area (Å²) in [4.78, 5) is 4.58. The van der Waals surface area contributed by atoms with Crippen molar-refractivity contribution in [1.29, 1.82) is 5.26 Å². The van der Waals surface area contributed by atoms with Crippen LogP contribution >= 0.6 is 24.4 Å². The second-order valence-electron chi connectivity index (χ2n) is 3.15. The minimum atomic E-state index is -0.500. The van der Waals surface area contributed by atoms with Crippen LogP contribution in [0, 0.1) is 11.3 Å². The minimum Gasteiger partial charge on any atom is -0.487 e. The number of hydrogen-bond acceptors (Lipinski definition) is 3. The minimum absolute atomic E-state index is 0.171. The van der Waals surface area contributed by atoms with E-state index in [4.69, 9.17) is 10.4 Å². The largest absolute Gasteiger partial charge is 0.487 e.